The molecule has 0 fully saturated rings. The lowest BCUT2D eigenvalue weighted by Crippen LogP contribution is -2.22. The van der Waals surface area contributed by atoms with Crippen LogP contribution in [-0.4, -0.2) is 32.2 Å². The van der Waals surface area contributed by atoms with Gasteiger partial charge in [0.2, 0.25) is 0 Å². The highest BCUT2D eigenvalue weighted by Gasteiger charge is 1.92. The van der Waals surface area contributed by atoms with Crippen molar-refractivity contribution in [2.24, 2.45) is 5.92 Å². The number of hydrogen-bond acceptors (Lipinski definition) is 2. The minimum absolute atomic E-state index is 0.589. The minimum atomic E-state index is 0.589. The molecular weight excluding hydrogens is 174 g/mol. The summed E-state index contributed by atoms with van der Waals surface area (Å²) in [5.41, 5.74) is 0. The molecule has 0 aromatic rings. The Balaban J connectivity index is 2.82. The normalized spacial score (nSPS) is 11.0. The van der Waals surface area contributed by atoms with Crippen LogP contribution >= 0.6 is 11.6 Å². The third-order valence-electron chi connectivity index (χ3n) is 1.54. The van der Waals surface area contributed by atoms with Crippen molar-refractivity contribution in [3.63, 3.8) is 0 Å². The third-order valence-corrected chi connectivity index (χ3v) is 1.70. The molecule has 0 amide bonds. The predicted molar refractivity (Wildman–Crippen MR) is 53.9 cm³/mol. The van der Waals surface area contributed by atoms with E-state index in [-0.39, 0.29) is 0 Å². The first kappa shape index (κ1) is 12.2. The molecule has 0 aliphatic rings. The first-order valence-electron chi connectivity index (χ1n) is 4.61. The van der Waals surface area contributed by atoms with Crippen LogP contribution in [0.5, 0.6) is 0 Å². The van der Waals surface area contributed by atoms with E-state index >= 15 is 0 Å². The maximum absolute atomic E-state index is 5.44. The highest BCUT2D eigenvalue weighted by atomic mass is 35.5. The molecule has 0 aromatic carbocycles. The van der Waals surface area contributed by atoms with Crippen molar-refractivity contribution in [2.75, 3.05) is 32.2 Å². The summed E-state index contributed by atoms with van der Waals surface area (Å²) in [5.74, 6) is 1.37. The highest BCUT2D eigenvalue weighted by molar-refractivity contribution is 6.17. The summed E-state index contributed by atoms with van der Waals surface area (Å²) in [7, 11) is 0. The molecule has 0 radical (unpaired) electrons. The summed E-state index contributed by atoms with van der Waals surface area (Å²) in [6.07, 6.45) is 1.23. The van der Waals surface area contributed by atoms with Crippen molar-refractivity contribution in [3.05, 3.63) is 0 Å². The fraction of sp³-hybridized carbons (Fsp3) is 1.00. The predicted octanol–water partition coefficient (Wildman–Crippen LogP) is 1.88. The Morgan fingerprint density at radius 1 is 1.25 bits per heavy atom. The Morgan fingerprint density at radius 3 is 2.58 bits per heavy atom. The summed E-state index contributed by atoms with van der Waals surface area (Å²) < 4.78 is 5.20. The zero-order valence-electron chi connectivity index (χ0n) is 8.11. The Bertz CT molecular complexity index is 88.6. The molecule has 0 aromatic heterocycles. The number of hydrogen-bond donors (Lipinski definition) is 1. The second-order valence-electron chi connectivity index (χ2n) is 3.23. The molecule has 0 saturated heterocycles. The van der Waals surface area contributed by atoms with Crippen molar-refractivity contribution in [1.82, 2.24) is 5.32 Å². The van der Waals surface area contributed by atoms with Crippen LogP contribution in [0.1, 0.15) is 20.3 Å². The lowest BCUT2D eigenvalue weighted by atomic mass is 10.1. The maximum atomic E-state index is 5.44. The zero-order chi connectivity index (χ0) is 9.23. The maximum Gasteiger partial charge on any atom is 0.0602 e. The molecule has 0 spiro atoms. The largest absolute Gasteiger partial charge is 0.379 e. The van der Waals surface area contributed by atoms with E-state index in [0.29, 0.717) is 12.5 Å². The summed E-state index contributed by atoms with van der Waals surface area (Å²) in [5, 5.41) is 3.31. The molecule has 12 heavy (non-hydrogen) atoms. The van der Waals surface area contributed by atoms with Crippen LogP contribution in [0, 0.1) is 5.92 Å². The molecule has 0 rings (SSSR count). The van der Waals surface area contributed by atoms with E-state index in [0.717, 1.165) is 25.6 Å². The molecular formula is C9H20ClNO. The first-order chi connectivity index (χ1) is 5.77. The summed E-state index contributed by atoms with van der Waals surface area (Å²) in [6.45, 7) is 7.90. The van der Waals surface area contributed by atoms with Gasteiger partial charge in [-0.25, -0.2) is 0 Å². The lowest BCUT2D eigenvalue weighted by Gasteiger charge is -2.06. The molecule has 0 saturated carbocycles. The average molecular weight is 194 g/mol. The van der Waals surface area contributed by atoms with Crippen molar-refractivity contribution in [1.29, 1.82) is 0 Å². The van der Waals surface area contributed by atoms with Crippen molar-refractivity contribution in [3.8, 4) is 0 Å². The number of rotatable bonds is 8. The molecule has 0 heterocycles. The monoisotopic (exact) mass is 193 g/mol. The Morgan fingerprint density at radius 2 is 2.00 bits per heavy atom. The van der Waals surface area contributed by atoms with Gasteiger partial charge in [0.25, 0.3) is 0 Å². The molecule has 3 heteroatoms. The number of ether oxygens (including phenoxy) is 1. The number of halogens is 1. The summed E-state index contributed by atoms with van der Waals surface area (Å²) >= 11 is 5.44. The van der Waals surface area contributed by atoms with Gasteiger partial charge in [0, 0.05) is 12.4 Å². The molecule has 0 aliphatic carbocycles. The van der Waals surface area contributed by atoms with Gasteiger partial charge in [0.1, 0.15) is 0 Å². The van der Waals surface area contributed by atoms with Crippen LogP contribution in [0.15, 0.2) is 0 Å². The van der Waals surface area contributed by atoms with Gasteiger partial charge in [-0.05, 0) is 18.9 Å². The first-order valence-corrected chi connectivity index (χ1v) is 5.15. The number of alkyl halides is 1. The highest BCUT2D eigenvalue weighted by Crippen LogP contribution is 1.95. The molecule has 0 bridgehead atoms. The Kier molecular flexibility index (Phi) is 9.46. The molecule has 0 atom stereocenters. The van der Waals surface area contributed by atoms with Crippen LogP contribution < -0.4 is 5.32 Å². The van der Waals surface area contributed by atoms with Crippen LogP contribution in [0.3, 0.4) is 0 Å². The van der Waals surface area contributed by atoms with E-state index in [1.165, 1.54) is 6.42 Å². The van der Waals surface area contributed by atoms with E-state index in [1.807, 2.05) is 0 Å². The lowest BCUT2D eigenvalue weighted by molar-refractivity contribution is 0.151. The van der Waals surface area contributed by atoms with Gasteiger partial charge < -0.3 is 10.1 Å². The topological polar surface area (TPSA) is 21.3 Å². The van der Waals surface area contributed by atoms with Crippen molar-refractivity contribution in [2.45, 2.75) is 20.3 Å². The van der Waals surface area contributed by atoms with Gasteiger partial charge in [0.15, 0.2) is 0 Å². The molecule has 0 aliphatic heterocycles. The van der Waals surface area contributed by atoms with Crippen molar-refractivity contribution < 1.29 is 4.74 Å². The Hall–Kier alpha value is 0.210. The van der Waals surface area contributed by atoms with E-state index in [4.69, 9.17) is 16.3 Å². The molecule has 2 nitrogen and oxygen atoms in total. The van der Waals surface area contributed by atoms with Crippen LogP contribution in [-0.2, 0) is 4.74 Å². The van der Waals surface area contributed by atoms with Gasteiger partial charge in [0.05, 0.1) is 13.2 Å². The summed E-state index contributed by atoms with van der Waals surface area (Å²) in [6, 6.07) is 0. The van der Waals surface area contributed by atoms with Gasteiger partial charge in [-0.2, -0.15) is 0 Å². The third kappa shape index (κ3) is 10.2. The van der Waals surface area contributed by atoms with E-state index in [9.17, 15) is 0 Å². The SMILES string of the molecule is CC(C)CCNCCOCCCl. The number of nitrogens with one attached hydrogen (secondary N) is 1. The van der Waals surface area contributed by atoms with Gasteiger partial charge in [-0.3, -0.25) is 0 Å². The van der Waals surface area contributed by atoms with Gasteiger partial charge in [-0.1, -0.05) is 13.8 Å². The van der Waals surface area contributed by atoms with Crippen LogP contribution in [0.2, 0.25) is 0 Å². The zero-order valence-corrected chi connectivity index (χ0v) is 8.86. The second kappa shape index (κ2) is 9.30. The van der Waals surface area contributed by atoms with Crippen LogP contribution in [0.25, 0.3) is 0 Å². The van der Waals surface area contributed by atoms with Gasteiger partial charge in [-0.15, -0.1) is 11.6 Å². The molecule has 74 valence electrons. The van der Waals surface area contributed by atoms with E-state index in [1.54, 1.807) is 0 Å². The fourth-order valence-corrected chi connectivity index (χ4v) is 0.926. The van der Waals surface area contributed by atoms with Gasteiger partial charge >= 0.3 is 0 Å². The standard InChI is InChI=1S/C9H20ClNO/c1-9(2)3-5-11-6-8-12-7-4-10/h9,11H,3-8H2,1-2H3. The summed E-state index contributed by atoms with van der Waals surface area (Å²) in [4.78, 5) is 0. The Labute approximate surface area is 80.6 Å². The minimum Gasteiger partial charge on any atom is -0.379 e. The quantitative estimate of drug-likeness (QED) is 0.470. The fourth-order valence-electron chi connectivity index (χ4n) is 0.817. The van der Waals surface area contributed by atoms with Crippen molar-refractivity contribution >= 4 is 11.6 Å². The van der Waals surface area contributed by atoms with E-state index in [2.05, 4.69) is 19.2 Å². The van der Waals surface area contributed by atoms with E-state index < -0.39 is 0 Å². The second-order valence-corrected chi connectivity index (χ2v) is 3.61. The smallest absolute Gasteiger partial charge is 0.0602 e. The van der Waals surface area contributed by atoms with Crippen LogP contribution in [0.4, 0.5) is 0 Å². The molecule has 0 unspecified atom stereocenters. The molecule has 1 N–H and O–H groups in total. The average Bonchev–Trinajstić information content (AvgIpc) is 2.02.